The highest BCUT2D eigenvalue weighted by Gasteiger charge is 2.16. The molecule has 0 unspecified atom stereocenters. The van der Waals surface area contributed by atoms with Gasteiger partial charge in [0.05, 0.1) is 24.9 Å². The lowest BCUT2D eigenvalue weighted by Gasteiger charge is -2.10. The first-order chi connectivity index (χ1) is 14.0. The Morgan fingerprint density at radius 1 is 1.03 bits per heavy atom. The Bertz CT molecular complexity index is 1170. The number of carbonyl (C=O) groups is 1. The molecule has 7 heteroatoms. The Kier molecular flexibility index (Phi) is 4.87. The lowest BCUT2D eigenvalue weighted by Crippen LogP contribution is -2.13. The molecule has 0 fully saturated rings. The molecule has 1 amide bonds. The molecule has 4 rings (SSSR count). The second-order valence-corrected chi connectivity index (χ2v) is 6.56. The number of hydrogen-bond donors (Lipinski definition) is 1. The first-order valence-corrected chi connectivity index (χ1v) is 8.98. The lowest BCUT2D eigenvalue weighted by atomic mass is 10.1. The number of fused-ring (bicyclic) bond motifs is 1. The van der Waals surface area contributed by atoms with Crippen LogP contribution in [0.25, 0.3) is 11.0 Å². The quantitative estimate of drug-likeness (QED) is 0.523. The second-order valence-electron chi connectivity index (χ2n) is 6.56. The Labute approximate surface area is 167 Å². The normalized spacial score (nSPS) is 10.7. The average molecular weight is 389 g/mol. The van der Waals surface area contributed by atoms with Gasteiger partial charge in [-0.1, -0.05) is 17.7 Å². The summed E-state index contributed by atoms with van der Waals surface area (Å²) in [6, 6.07) is 12.9. The number of aryl methyl sites for hydroxylation is 2. The molecule has 0 spiro atoms. The molecule has 0 atom stereocenters. The van der Waals surface area contributed by atoms with E-state index < -0.39 is 0 Å². The van der Waals surface area contributed by atoms with Gasteiger partial charge in [0.1, 0.15) is 22.8 Å². The Morgan fingerprint density at radius 3 is 2.52 bits per heavy atom. The van der Waals surface area contributed by atoms with Crippen LogP contribution in [0.5, 0.6) is 17.4 Å². The van der Waals surface area contributed by atoms with Crippen LogP contribution in [0.1, 0.15) is 21.7 Å². The zero-order valence-electron chi connectivity index (χ0n) is 16.2. The standard InChI is InChI=1S/C22H19N3O4/c1-13-4-6-16(7-5-13)29-19-10-15(9-18-17(19)8-14(2)28-18)22(26)25-20-11-24-21(27-3)12-23-20/h4-12H,1-3H3,(H,23,25,26). The van der Waals surface area contributed by atoms with Gasteiger partial charge in [0.25, 0.3) is 5.91 Å². The second kappa shape index (κ2) is 7.63. The van der Waals surface area contributed by atoms with Gasteiger partial charge in [-0.05, 0) is 44.2 Å². The molecule has 0 aliphatic carbocycles. The highest BCUT2D eigenvalue weighted by molar-refractivity contribution is 6.06. The van der Waals surface area contributed by atoms with Gasteiger partial charge in [0.2, 0.25) is 5.88 Å². The number of hydrogen-bond acceptors (Lipinski definition) is 6. The molecule has 4 aromatic rings. The van der Waals surface area contributed by atoms with Crippen LogP contribution in [-0.2, 0) is 0 Å². The Hall–Kier alpha value is -3.87. The van der Waals surface area contributed by atoms with Crippen molar-refractivity contribution in [2.24, 2.45) is 0 Å². The first kappa shape index (κ1) is 18.5. The number of furan rings is 1. The van der Waals surface area contributed by atoms with Crippen LogP contribution >= 0.6 is 0 Å². The summed E-state index contributed by atoms with van der Waals surface area (Å²) in [7, 11) is 1.50. The van der Waals surface area contributed by atoms with Crippen LogP contribution < -0.4 is 14.8 Å². The fourth-order valence-corrected chi connectivity index (χ4v) is 2.86. The van der Waals surface area contributed by atoms with Gasteiger partial charge < -0.3 is 19.2 Å². The van der Waals surface area contributed by atoms with Crippen molar-refractivity contribution in [3.63, 3.8) is 0 Å². The molecule has 2 heterocycles. The number of methoxy groups -OCH3 is 1. The van der Waals surface area contributed by atoms with Gasteiger partial charge in [-0.3, -0.25) is 4.79 Å². The van der Waals surface area contributed by atoms with Crippen LogP contribution in [-0.4, -0.2) is 23.0 Å². The van der Waals surface area contributed by atoms with E-state index in [4.69, 9.17) is 13.9 Å². The number of anilines is 1. The predicted octanol–water partition coefficient (Wildman–Crippen LogP) is 4.89. The van der Waals surface area contributed by atoms with Crippen LogP contribution in [0.3, 0.4) is 0 Å². The third-order valence-corrected chi connectivity index (χ3v) is 4.31. The average Bonchev–Trinajstić information content (AvgIpc) is 3.10. The molecule has 0 radical (unpaired) electrons. The van der Waals surface area contributed by atoms with Gasteiger partial charge in [-0.15, -0.1) is 0 Å². The predicted molar refractivity (Wildman–Crippen MR) is 109 cm³/mol. The third kappa shape index (κ3) is 4.03. The van der Waals surface area contributed by atoms with Gasteiger partial charge in [-0.2, -0.15) is 0 Å². The van der Waals surface area contributed by atoms with Crippen molar-refractivity contribution in [3.05, 3.63) is 71.7 Å². The third-order valence-electron chi connectivity index (χ3n) is 4.31. The monoisotopic (exact) mass is 389 g/mol. The SMILES string of the molecule is COc1cnc(NC(=O)c2cc(Oc3ccc(C)cc3)c3cc(C)oc3c2)cn1. The first-order valence-electron chi connectivity index (χ1n) is 8.98. The molecule has 2 aromatic carbocycles. The van der Waals surface area contributed by atoms with Gasteiger partial charge in [0, 0.05) is 5.56 Å². The fourth-order valence-electron chi connectivity index (χ4n) is 2.86. The summed E-state index contributed by atoms with van der Waals surface area (Å²) >= 11 is 0. The fraction of sp³-hybridized carbons (Fsp3) is 0.136. The Balaban J connectivity index is 1.66. The maximum absolute atomic E-state index is 12.8. The summed E-state index contributed by atoms with van der Waals surface area (Å²) in [5.41, 5.74) is 2.08. The van der Waals surface area contributed by atoms with E-state index in [1.165, 1.54) is 19.5 Å². The zero-order chi connectivity index (χ0) is 20.4. The number of ether oxygens (including phenoxy) is 2. The Morgan fingerprint density at radius 2 is 1.83 bits per heavy atom. The summed E-state index contributed by atoms with van der Waals surface area (Å²) < 4.78 is 16.8. The summed E-state index contributed by atoms with van der Waals surface area (Å²) in [5.74, 6) is 2.27. The van der Waals surface area contributed by atoms with Crippen LogP contribution in [0.2, 0.25) is 0 Å². The number of nitrogens with one attached hydrogen (secondary N) is 1. The maximum atomic E-state index is 12.8. The van der Waals surface area contributed by atoms with E-state index in [1.54, 1.807) is 12.1 Å². The molecule has 0 bridgehead atoms. The number of amides is 1. The highest BCUT2D eigenvalue weighted by Crippen LogP contribution is 2.34. The minimum atomic E-state index is -0.353. The zero-order valence-corrected chi connectivity index (χ0v) is 16.2. The van der Waals surface area contributed by atoms with Crippen molar-refractivity contribution < 1.29 is 18.7 Å². The lowest BCUT2D eigenvalue weighted by molar-refractivity contribution is 0.102. The molecule has 0 saturated heterocycles. The molecule has 146 valence electrons. The van der Waals surface area contributed by atoms with Gasteiger partial charge in [-0.25, -0.2) is 9.97 Å². The van der Waals surface area contributed by atoms with Crippen molar-refractivity contribution in [2.75, 3.05) is 12.4 Å². The molecule has 2 aromatic heterocycles. The summed E-state index contributed by atoms with van der Waals surface area (Å²) in [6.07, 6.45) is 2.86. The van der Waals surface area contributed by atoms with E-state index in [2.05, 4.69) is 15.3 Å². The molecule has 29 heavy (non-hydrogen) atoms. The van der Waals surface area contributed by atoms with Crippen molar-refractivity contribution >= 4 is 22.7 Å². The van der Waals surface area contributed by atoms with E-state index in [0.29, 0.717) is 34.3 Å². The molecular formula is C22H19N3O4. The highest BCUT2D eigenvalue weighted by atomic mass is 16.5. The molecule has 0 aliphatic rings. The van der Waals surface area contributed by atoms with E-state index in [1.807, 2.05) is 44.2 Å². The smallest absolute Gasteiger partial charge is 0.257 e. The van der Waals surface area contributed by atoms with Gasteiger partial charge >= 0.3 is 0 Å². The van der Waals surface area contributed by atoms with Crippen LogP contribution in [0.15, 0.2) is 59.3 Å². The number of nitrogens with zero attached hydrogens (tertiary/aromatic N) is 2. The molecule has 7 nitrogen and oxygen atoms in total. The van der Waals surface area contributed by atoms with E-state index in [9.17, 15) is 4.79 Å². The van der Waals surface area contributed by atoms with Crippen molar-refractivity contribution in [1.29, 1.82) is 0 Å². The summed E-state index contributed by atoms with van der Waals surface area (Å²) in [4.78, 5) is 20.9. The number of rotatable bonds is 5. The van der Waals surface area contributed by atoms with E-state index in [0.717, 1.165) is 16.7 Å². The largest absolute Gasteiger partial charge is 0.480 e. The van der Waals surface area contributed by atoms with Crippen LogP contribution in [0, 0.1) is 13.8 Å². The number of aromatic nitrogens is 2. The molecule has 0 aliphatic heterocycles. The minimum absolute atomic E-state index is 0.313. The minimum Gasteiger partial charge on any atom is -0.480 e. The summed E-state index contributed by atoms with van der Waals surface area (Å²) in [5, 5.41) is 3.51. The van der Waals surface area contributed by atoms with E-state index >= 15 is 0 Å². The van der Waals surface area contributed by atoms with E-state index in [-0.39, 0.29) is 5.91 Å². The number of benzene rings is 2. The maximum Gasteiger partial charge on any atom is 0.257 e. The van der Waals surface area contributed by atoms with Crippen molar-refractivity contribution in [1.82, 2.24) is 9.97 Å². The number of carbonyl (C=O) groups excluding carboxylic acids is 1. The summed E-state index contributed by atoms with van der Waals surface area (Å²) in [6.45, 7) is 3.86. The topological polar surface area (TPSA) is 86.5 Å². The van der Waals surface area contributed by atoms with Crippen molar-refractivity contribution in [2.45, 2.75) is 13.8 Å². The molecular weight excluding hydrogens is 370 g/mol. The van der Waals surface area contributed by atoms with Crippen LogP contribution in [0.4, 0.5) is 5.82 Å². The molecule has 0 saturated carbocycles. The van der Waals surface area contributed by atoms with Gasteiger partial charge in [0.15, 0.2) is 5.82 Å². The van der Waals surface area contributed by atoms with Crippen molar-refractivity contribution in [3.8, 4) is 17.4 Å². The molecule has 1 N–H and O–H groups in total.